The third kappa shape index (κ3) is 3.85. The van der Waals surface area contributed by atoms with Gasteiger partial charge in [0.15, 0.2) is 0 Å². The van der Waals surface area contributed by atoms with Gasteiger partial charge in [0.05, 0.1) is 13.5 Å². The Balaban J connectivity index is 2.79. The molecule has 0 unspecified atom stereocenters. The van der Waals surface area contributed by atoms with Crippen molar-refractivity contribution in [2.75, 3.05) is 7.11 Å². The summed E-state index contributed by atoms with van der Waals surface area (Å²) in [5.74, 6) is -0.279. The molecule has 1 aromatic rings. The van der Waals surface area contributed by atoms with Crippen LogP contribution in [0.15, 0.2) is 30.3 Å². The van der Waals surface area contributed by atoms with Gasteiger partial charge in [0.25, 0.3) is 0 Å². The van der Waals surface area contributed by atoms with Crippen LogP contribution in [0.1, 0.15) is 31.2 Å². The average Bonchev–Trinajstić information content (AvgIpc) is 2.28. The minimum absolute atomic E-state index is 0.0776. The molecule has 1 rings (SSSR count). The van der Waals surface area contributed by atoms with Gasteiger partial charge in [-0.25, -0.2) is 0 Å². The van der Waals surface area contributed by atoms with Crippen LogP contribution in [-0.2, 0) is 14.3 Å². The molecule has 0 spiro atoms. The number of ether oxygens (including phenoxy) is 1. The largest absolute Gasteiger partial charge is 0.469 e. The van der Waals surface area contributed by atoms with Gasteiger partial charge in [0.2, 0.25) is 0 Å². The molecule has 0 fully saturated rings. The van der Waals surface area contributed by atoms with E-state index in [1.807, 2.05) is 30.3 Å². The Bertz CT molecular complexity index is 357. The molecule has 0 bridgehead atoms. The smallest absolute Gasteiger partial charge is 0.306 e. The molecule has 0 aliphatic heterocycles. The molecule has 1 atom stereocenters. The molecule has 1 aromatic carbocycles. The Labute approximate surface area is 95.4 Å². The lowest BCUT2D eigenvalue weighted by Crippen LogP contribution is -2.11. The van der Waals surface area contributed by atoms with Crippen LogP contribution in [0.25, 0.3) is 0 Å². The van der Waals surface area contributed by atoms with Crippen LogP contribution in [0, 0.1) is 0 Å². The molecule has 16 heavy (non-hydrogen) atoms. The molecule has 0 N–H and O–H groups in total. The highest BCUT2D eigenvalue weighted by molar-refractivity contribution is 5.78. The highest BCUT2D eigenvalue weighted by Gasteiger charge is 2.17. The maximum absolute atomic E-state index is 11.2. The number of Topliss-reactive ketones (excluding diaryl/α,β-unsaturated/α-hetero) is 1. The van der Waals surface area contributed by atoms with E-state index < -0.39 is 0 Å². The van der Waals surface area contributed by atoms with E-state index in [0.717, 1.165) is 5.56 Å². The summed E-state index contributed by atoms with van der Waals surface area (Å²) in [6.45, 7) is 1.53. The van der Waals surface area contributed by atoms with Gasteiger partial charge in [0, 0.05) is 12.3 Å². The number of benzene rings is 1. The van der Waals surface area contributed by atoms with Crippen molar-refractivity contribution >= 4 is 11.8 Å². The van der Waals surface area contributed by atoms with Crippen molar-refractivity contribution in [3.05, 3.63) is 35.9 Å². The number of hydrogen-bond donors (Lipinski definition) is 0. The van der Waals surface area contributed by atoms with Gasteiger partial charge in [-0.1, -0.05) is 30.3 Å². The highest BCUT2D eigenvalue weighted by Crippen LogP contribution is 2.23. The van der Waals surface area contributed by atoms with Crippen LogP contribution in [-0.4, -0.2) is 18.9 Å². The van der Waals surface area contributed by atoms with Gasteiger partial charge in [0.1, 0.15) is 5.78 Å². The maximum Gasteiger partial charge on any atom is 0.306 e. The van der Waals surface area contributed by atoms with E-state index in [2.05, 4.69) is 4.74 Å². The Morgan fingerprint density at radius 1 is 1.19 bits per heavy atom. The Morgan fingerprint density at radius 2 is 1.81 bits per heavy atom. The fourth-order valence-corrected chi connectivity index (χ4v) is 1.66. The van der Waals surface area contributed by atoms with Gasteiger partial charge < -0.3 is 9.53 Å². The Hall–Kier alpha value is -1.64. The summed E-state index contributed by atoms with van der Waals surface area (Å²) in [5, 5.41) is 0. The first-order chi connectivity index (χ1) is 7.63. The van der Waals surface area contributed by atoms with E-state index in [1.54, 1.807) is 0 Å². The molecule has 0 aliphatic carbocycles. The summed E-state index contributed by atoms with van der Waals surface area (Å²) in [4.78, 5) is 22.4. The molecular weight excluding hydrogens is 204 g/mol. The first kappa shape index (κ1) is 12.4. The summed E-state index contributed by atoms with van der Waals surface area (Å²) in [5.41, 5.74) is 1.00. The standard InChI is InChI=1S/C13H16O3/c1-10(14)8-12(9-13(15)16-2)11-6-4-3-5-7-11/h3-7,12H,8-9H2,1-2H3/t12-/m1/s1. The highest BCUT2D eigenvalue weighted by atomic mass is 16.5. The number of methoxy groups -OCH3 is 1. The van der Waals surface area contributed by atoms with E-state index in [9.17, 15) is 9.59 Å². The van der Waals surface area contributed by atoms with E-state index in [-0.39, 0.29) is 24.1 Å². The van der Waals surface area contributed by atoms with E-state index in [0.29, 0.717) is 6.42 Å². The fourth-order valence-electron chi connectivity index (χ4n) is 1.66. The number of hydrogen-bond acceptors (Lipinski definition) is 3. The molecule has 3 nitrogen and oxygen atoms in total. The zero-order chi connectivity index (χ0) is 12.0. The fraction of sp³-hybridized carbons (Fsp3) is 0.385. The normalized spacial score (nSPS) is 11.9. The summed E-state index contributed by atoms with van der Waals surface area (Å²) >= 11 is 0. The number of rotatable bonds is 5. The van der Waals surface area contributed by atoms with E-state index in [4.69, 9.17) is 0 Å². The quantitative estimate of drug-likeness (QED) is 0.715. The van der Waals surface area contributed by atoms with Crippen molar-refractivity contribution in [2.45, 2.75) is 25.7 Å². The molecule has 0 saturated carbocycles. The zero-order valence-corrected chi connectivity index (χ0v) is 9.60. The van der Waals surface area contributed by atoms with Gasteiger partial charge in [-0.05, 0) is 12.5 Å². The molecular formula is C13H16O3. The molecule has 0 amide bonds. The minimum Gasteiger partial charge on any atom is -0.469 e. The summed E-state index contributed by atoms with van der Waals surface area (Å²) in [6, 6.07) is 9.57. The molecule has 86 valence electrons. The summed E-state index contributed by atoms with van der Waals surface area (Å²) in [7, 11) is 1.36. The van der Waals surface area contributed by atoms with Gasteiger partial charge in [-0.15, -0.1) is 0 Å². The van der Waals surface area contributed by atoms with Crippen LogP contribution in [0.4, 0.5) is 0 Å². The third-order valence-electron chi connectivity index (χ3n) is 2.45. The molecule has 0 aliphatic rings. The average molecular weight is 220 g/mol. The lowest BCUT2D eigenvalue weighted by atomic mass is 9.91. The van der Waals surface area contributed by atoms with Gasteiger partial charge in [-0.2, -0.15) is 0 Å². The first-order valence-corrected chi connectivity index (χ1v) is 5.24. The van der Waals surface area contributed by atoms with Gasteiger partial charge >= 0.3 is 5.97 Å². The number of carbonyl (C=O) groups is 2. The minimum atomic E-state index is -0.282. The summed E-state index contributed by atoms with van der Waals surface area (Å²) in [6.07, 6.45) is 0.624. The third-order valence-corrected chi connectivity index (χ3v) is 2.45. The van der Waals surface area contributed by atoms with Crippen molar-refractivity contribution in [1.29, 1.82) is 0 Å². The number of esters is 1. The second-order valence-electron chi connectivity index (χ2n) is 3.79. The topological polar surface area (TPSA) is 43.4 Å². The lowest BCUT2D eigenvalue weighted by molar-refractivity contribution is -0.141. The monoisotopic (exact) mass is 220 g/mol. The van der Waals surface area contributed by atoms with Crippen molar-refractivity contribution in [2.24, 2.45) is 0 Å². The van der Waals surface area contributed by atoms with Crippen LogP contribution in [0.5, 0.6) is 0 Å². The first-order valence-electron chi connectivity index (χ1n) is 5.24. The van der Waals surface area contributed by atoms with Crippen LogP contribution in [0.2, 0.25) is 0 Å². The van der Waals surface area contributed by atoms with E-state index in [1.165, 1.54) is 14.0 Å². The van der Waals surface area contributed by atoms with Crippen molar-refractivity contribution in [3.8, 4) is 0 Å². The Kier molecular flexibility index (Phi) is 4.70. The molecule has 3 heteroatoms. The van der Waals surface area contributed by atoms with Crippen molar-refractivity contribution in [3.63, 3.8) is 0 Å². The summed E-state index contributed by atoms with van der Waals surface area (Å²) < 4.78 is 4.63. The predicted octanol–water partition coefficient (Wildman–Crippen LogP) is 2.31. The lowest BCUT2D eigenvalue weighted by Gasteiger charge is -2.14. The zero-order valence-electron chi connectivity index (χ0n) is 9.60. The Morgan fingerprint density at radius 3 is 2.31 bits per heavy atom. The molecule has 0 aromatic heterocycles. The predicted molar refractivity (Wildman–Crippen MR) is 61.1 cm³/mol. The van der Waals surface area contributed by atoms with E-state index >= 15 is 0 Å². The van der Waals surface area contributed by atoms with Crippen LogP contribution < -0.4 is 0 Å². The SMILES string of the molecule is COC(=O)C[C@@H](CC(C)=O)c1ccccc1. The number of ketones is 1. The second kappa shape index (κ2) is 6.05. The number of carbonyl (C=O) groups excluding carboxylic acids is 2. The van der Waals surface area contributed by atoms with Crippen LogP contribution in [0.3, 0.4) is 0 Å². The molecule has 0 heterocycles. The van der Waals surface area contributed by atoms with Crippen molar-refractivity contribution < 1.29 is 14.3 Å². The van der Waals surface area contributed by atoms with Crippen LogP contribution >= 0.6 is 0 Å². The molecule has 0 radical (unpaired) electrons. The van der Waals surface area contributed by atoms with Crippen molar-refractivity contribution in [1.82, 2.24) is 0 Å². The maximum atomic E-state index is 11.2. The van der Waals surface area contributed by atoms with Gasteiger partial charge in [-0.3, -0.25) is 4.79 Å². The second-order valence-corrected chi connectivity index (χ2v) is 3.79. The molecule has 0 saturated heterocycles.